The van der Waals surface area contributed by atoms with Crippen LogP contribution < -0.4 is 9.80 Å². The highest BCUT2D eigenvalue weighted by atomic mass is 19.4. The van der Waals surface area contributed by atoms with Crippen LogP contribution >= 0.6 is 0 Å². The Morgan fingerprint density at radius 3 is 2.00 bits per heavy atom. The topological polar surface area (TPSA) is 76.0 Å². The zero-order valence-corrected chi connectivity index (χ0v) is 18.9. The van der Waals surface area contributed by atoms with Gasteiger partial charge < -0.3 is 19.8 Å². The predicted molar refractivity (Wildman–Crippen MR) is 122 cm³/mol. The molecule has 184 valence electrons. The molecule has 11 heteroatoms. The Labute approximate surface area is 196 Å². The summed E-state index contributed by atoms with van der Waals surface area (Å²) in [6.45, 7) is 6.40. The number of hydrogen-bond acceptors (Lipinski definition) is 7. The number of halogens is 3. The molecule has 8 nitrogen and oxygen atoms in total. The molecule has 2 aliphatic rings. The van der Waals surface area contributed by atoms with E-state index in [9.17, 15) is 18.0 Å². The summed E-state index contributed by atoms with van der Waals surface area (Å²) in [6, 6.07) is 8.82. The molecule has 2 saturated heterocycles. The minimum absolute atomic E-state index is 0.0516. The maximum atomic E-state index is 12.9. The van der Waals surface area contributed by atoms with E-state index in [4.69, 9.17) is 5.11 Å². The molecule has 34 heavy (non-hydrogen) atoms. The van der Waals surface area contributed by atoms with Crippen LogP contribution in [0.1, 0.15) is 11.1 Å². The van der Waals surface area contributed by atoms with Gasteiger partial charge in [0.05, 0.1) is 18.6 Å². The number of piperazine rings is 2. The van der Waals surface area contributed by atoms with Crippen molar-refractivity contribution in [1.29, 1.82) is 0 Å². The van der Waals surface area contributed by atoms with Crippen LogP contribution in [-0.2, 0) is 17.4 Å². The lowest BCUT2D eigenvalue weighted by Crippen LogP contribution is -2.49. The van der Waals surface area contributed by atoms with Crippen LogP contribution in [0.3, 0.4) is 0 Å². The molecular weight excluding hydrogens is 449 g/mol. The number of nitrogens with zero attached hydrogens (tertiary/aromatic N) is 6. The zero-order valence-electron chi connectivity index (χ0n) is 18.9. The molecule has 1 aromatic heterocycles. The first-order chi connectivity index (χ1) is 16.3. The number of aliphatic hydroxyl groups is 1. The summed E-state index contributed by atoms with van der Waals surface area (Å²) in [5, 5.41) is 17.8. The maximum Gasteiger partial charge on any atom is 0.416 e. The monoisotopic (exact) mass is 478 g/mol. The first kappa shape index (κ1) is 24.2. The SMILES string of the molecule is O=C(Cc1cccc(C(F)(F)F)c1)N1CCN(c2ccc(N3CCN(CCO)CC3)nn2)CC1. The minimum Gasteiger partial charge on any atom is -0.395 e. The second-order valence-electron chi connectivity index (χ2n) is 8.54. The molecule has 1 aromatic carbocycles. The van der Waals surface area contributed by atoms with E-state index in [2.05, 4.69) is 24.9 Å². The van der Waals surface area contributed by atoms with E-state index in [1.165, 1.54) is 6.07 Å². The molecule has 1 amide bonds. The van der Waals surface area contributed by atoms with Crippen molar-refractivity contribution < 1.29 is 23.1 Å². The highest BCUT2D eigenvalue weighted by Gasteiger charge is 2.31. The van der Waals surface area contributed by atoms with E-state index in [0.717, 1.165) is 49.9 Å². The first-order valence-electron chi connectivity index (χ1n) is 11.4. The lowest BCUT2D eigenvalue weighted by Gasteiger charge is -2.36. The lowest BCUT2D eigenvalue weighted by molar-refractivity contribution is -0.138. The van der Waals surface area contributed by atoms with Crippen molar-refractivity contribution in [3.63, 3.8) is 0 Å². The van der Waals surface area contributed by atoms with Gasteiger partial charge in [0.25, 0.3) is 0 Å². The van der Waals surface area contributed by atoms with Crippen molar-refractivity contribution in [1.82, 2.24) is 20.0 Å². The summed E-state index contributed by atoms with van der Waals surface area (Å²) < 4.78 is 38.7. The zero-order chi connectivity index (χ0) is 24.1. The molecule has 3 heterocycles. The molecular formula is C23H29F3N6O2. The standard InChI is InChI=1S/C23H29F3N6O2/c24-23(25,26)19-3-1-2-18(16-19)17-22(34)32-12-10-31(11-13-32)21-5-4-20(27-28-21)30-8-6-29(7-9-30)14-15-33/h1-5,16,33H,6-15,17H2. The Morgan fingerprint density at radius 1 is 0.882 bits per heavy atom. The number of carbonyl (C=O) groups excluding carboxylic acids is 1. The number of aromatic nitrogens is 2. The predicted octanol–water partition coefficient (Wildman–Crippen LogP) is 1.50. The molecule has 2 aromatic rings. The van der Waals surface area contributed by atoms with E-state index < -0.39 is 11.7 Å². The Balaban J connectivity index is 1.27. The smallest absolute Gasteiger partial charge is 0.395 e. The van der Waals surface area contributed by atoms with Gasteiger partial charge in [0.2, 0.25) is 5.91 Å². The number of β-amino-alcohol motifs (C(OH)–C–C–N with tert-alkyl or cyclic N) is 1. The third-order valence-electron chi connectivity index (χ3n) is 6.31. The van der Waals surface area contributed by atoms with Crippen LogP contribution in [0, 0.1) is 0 Å². The van der Waals surface area contributed by atoms with Crippen LogP contribution in [0.4, 0.5) is 24.8 Å². The Bertz CT molecular complexity index is 956. The second-order valence-corrected chi connectivity index (χ2v) is 8.54. The molecule has 4 rings (SSSR count). The Hall–Kier alpha value is -2.92. The Morgan fingerprint density at radius 2 is 1.47 bits per heavy atom. The van der Waals surface area contributed by atoms with Crippen molar-refractivity contribution in [3.8, 4) is 0 Å². The van der Waals surface area contributed by atoms with Gasteiger partial charge in [-0.25, -0.2) is 0 Å². The van der Waals surface area contributed by atoms with Crippen LogP contribution in [-0.4, -0.2) is 96.5 Å². The molecule has 0 aliphatic carbocycles. The molecule has 0 atom stereocenters. The summed E-state index contributed by atoms with van der Waals surface area (Å²) in [7, 11) is 0. The number of benzene rings is 1. The van der Waals surface area contributed by atoms with Gasteiger partial charge >= 0.3 is 6.18 Å². The summed E-state index contributed by atoms with van der Waals surface area (Å²) in [6.07, 6.45) is -4.47. The molecule has 2 fully saturated rings. The first-order valence-corrected chi connectivity index (χ1v) is 11.4. The molecule has 0 radical (unpaired) electrons. The van der Waals surface area contributed by atoms with Crippen LogP contribution in [0.25, 0.3) is 0 Å². The van der Waals surface area contributed by atoms with E-state index >= 15 is 0 Å². The highest BCUT2D eigenvalue weighted by molar-refractivity contribution is 5.79. The van der Waals surface area contributed by atoms with Crippen LogP contribution in [0.15, 0.2) is 36.4 Å². The fourth-order valence-corrected chi connectivity index (χ4v) is 4.33. The van der Waals surface area contributed by atoms with E-state index in [1.54, 1.807) is 11.0 Å². The average molecular weight is 479 g/mol. The molecule has 0 saturated carbocycles. The normalized spacial score (nSPS) is 17.8. The third kappa shape index (κ3) is 5.95. The Kier molecular flexibility index (Phi) is 7.52. The summed E-state index contributed by atoms with van der Waals surface area (Å²) >= 11 is 0. The number of aliphatic hydroxyl groups excluding tert-OH is 1. The fraction of sp³-hybridized carbons (Fsp3) is 0.522. The minimum atomic E-state index is -4.42. The number of alkyl halides is 3. The van der Waals surface area contributed by atoms with Crippen molar-refractivity contribution in [2.24, 2.45) is 0 Å². The number of hydrogen-bond donors (Lipinski definition) is 1. The van der Waals surface area contributed by atoms with Gasteiger partial charge in [-0.3, -0.25) is 9.69 Å². The second kappa shape index (κ2) is 10.6. The summed E-state index contributed by atoms with van der Waals surface area (Å²) in [5.41, 5.74) is -0.377. The molecule has 0 unspecified atom stereocenters. The van der Waals surface area contributed by atoms with Crippen molar-refractivity contribution in [3.05, 3.63) is 47.5 Å². The molecule has 0 bridgehead atoms. The summed E-state index contributed by atoms with van der Waals surface area (Å²) in [5.74, 6) is 1.38. The molecule has 1 N–H and O–H groups in total. The molecule has 0 spiro atoms. The maximum absolute atomic E-state index is 12.9. The summed E-state index contributed by atoms with van der Waals surface area (Å²) in [4.78, 5) is 20.8. The van der Waals surface area contributed by atoms with Gasteiger partial charge in [-0.2, -0.15) is 13.2 Å². The average Bonchev–Trinajstić information content (AvgIpc) is 2.85. The van der Waals surface area contributed by atoms with Gasteiger partial charge in [0.15, 0.2) is 11.6 Å². The fourth-order valence-electron chi connectivity index (χ4n) is 4.33. The highest BCUT2D eigenvalue weighted by Crippen LogP contribution is 2.29. The van der Waals surface area contributed by atoms with Gasteiger partial charge in [0.1, 0.15) is 0 Å². The number of rotatable bonds is 6. The third-order valence-corrected chi connectivity index (χ3v) is 6.31. The molecule has 2 aliphatic heterocycles. The van der Waals surface area contributed by atoms with Gasteiger partial charge in [0, 0.05) is 58.9 Å². The number of anilines is 2. The lowest BCUT2D eigenvalue weighted by atomic mass is 10.1. The van der Waals surface area contributed by atoms with E-state index in [-0.39, 0.29) is 18.9 Å². The van der Waals surface area contributed by atoms with Crippen LogP contribution in [0.2, 0.25) is 0 Å². The largest absolute Gasteiger partial charge is 0.416 e. The van der Waals surface area contributed by atoms with Gasteiger partial charge in [-0.05, 0) is 23.8 Å². The van der Waals surface area contributed by atoms with Crippen molar-refractivity contribution in [2.45, 2.75) is 12.6 Å². The van der Waals surface area contributed by atoms with E-state index in [0.29, 0.717) is 38.3 Å². The van der Waals surface area contributed by atoms with Gasteiger partial charge in [-0.15, -0.1) is 10.2 Å². The van der Waals surface area contributed by atoms with Crippen molar-refractivity contribution >= 4 is 17.5 Å². The van der Waals surface area contributed by atoms with Crippen molar-refractivity contribution in [2.75, 3.05) is 75.3 Å². The van der Waals surface area contributed by atoms with Gasteiger partial charge in [-0.1, -0.05) is 18.2 Å². The quantitative estimate of drug-likeness (QED) is 0.675. The van der Waals surface area contributed by atoms with Crippen LogP contribution in [0.5, 0.6) is 0 Å². The number of amides is 1. The van der Waals surface area contributed by atoms with E-state index in [1.807, 2.05) is 12.1 Å². The number of carbonyl (C=O) groups is 1.